The zero-order valence-electron chi connectivity index (χ0n) is 16.1. The number of carbonyl (C=O) groups excluding carboxylic acids is 1. The van der Waals surface area contributed by atoms with Crippen LogP contribution in [0.2, 0.25) is 0 Å². The van der Waals surface area contributed by atoms with Crippen molar-refractivity contribution in [1.82, 2.24) is 20.0 Å². The van der Waals surface area contributed by atoms with Crippen molar-refractivity contribution in [3.8, 4) is 0 Å². The molecule has 1 amide bonds. The molecule has 1 unspecified atom stereocenters. The summed E-state index contributed by atoms with van der Waals surface area (Å²) in [6, 6.07) is 11.4. The quantitative estimate of drug-likeness (QED) is 0.483. The number of rotatable bonds is 5. The van der Waals surface area contributed by atoms with Crippen molar-refractivity contribution in [2.75, 3.05) is 18.9 Å². The summed E-state index contributed by atoms with van der Waals surface area (Å²) in [5.74, 6) is -0.0967. The third kappa shape index (κ3) is 3.42. The van der Waals surface area contributed by atoms with Crippen molar-refractivity contribution in [3.63, 3.8) is 0 Å². The van der Waals surface area contributed by atoms with Crippen LogP contribution in [-0.4, -0.2) is 46.0 Å². The highest BCUT2D eigenvalue weighted by atomic mass is 32.1. The van der Waals surface area contributed by atoms with Gasteiger partial charge in [0.1, 0.15) is 16.9 Å². The number of benzene rings is 1. The number of aromatic nitrogens is 3. The second-order valence-corrected chi connectivity index (χ2v) is 8.04. The minimum atomic E-state index is -0.303. The molecule has 1 aromatic carbocycles. The third-order valence-corrected chi connectivity index (χ3v) is 5.87. The normalized spacial score (nSPS) is 16.7. The Hall–Kier alpha value is -3.30. The smallest absolute Gasteiger partial charge is 0.257 e. The number of nitrogens with one attached hydrogen (secondary N) is 1. The molecule has 0 spiro atoms. The molecular weight excluding hydrogens is 400 g/mol. The first-order chi connectivity index (χ1) is 14.7. The molecule has 0 aliphatic carbocycles. The van der Waals surface area contributed by atoms with Gasteiger partial charge in [-0.1, -0.05) is 18.2 Å². The van der Waals surface area contributed by atoms with Gasteiger partial charge in [0.05, 0.1) is 23.4 Å². The van der Waals surface area contributed by atoms with Crippen LogP contribution in [0.15, 0.2) is 46.9 Å². The molecule has 4 aromatic rings. The summed E-state index contributed by atoms with van der Waals surface area (Å²) >= 11 is 1.56. The van der Waals surface area contributed by atoms with Gasteiger partial charge < -0.3 is 15.8 Å². The SMILES string of the molecule is Nc1c(C(=O)NCC2CCCO2)c2nc3ccccc3nc2n1N=Cc1cccs1. The van der Waals surface area contributed by atoms with E-state index < -0.39 is 0 Å². The molecule has 0 radical (unpaired) electrons. The second kappa shape index (κ2) is 7.85. The number of para-hydroxylation sites is 2. The molecule has 1 aliphatic rings. The Bertz CT molecular complexity index is 1240. The van der Waals surface area contributed by atoms with Crippen LogP contribution in [-0.2, 0) is 4.74 Å². The molecule has 4 heterocycles. The first-order valence-corrected chi connectivity index (χ1v) is 10.6. The van der Waals surface area contributed by atoms with Crippen LogP contribution < -0.4 is 11.1 Å². The average Bonchev–Trinajstić information content (AvgIpc) is 3.50. The number of amides is 1. The summed E-state index contributed by atoms with van der Waals surface area (Å²) in [4.78, 5) is 23.4. The first kappa shape index (κ1) is 18.7. The van der Waals surface area contributed by atoms with Crippen molar-refractivity contribution in [2.24, 2.45) is 5.10 Å². The van der Waals surface area contributed by atoms with Crippen LogP contribution >= 0.6 is 11.3 Å². The fraction of sp³-hybridized carbons (Fsp3) is 0.238. The van der Waals surface area contributed by atoms with E-state index in [-0.39, 0.29) is 23.4 Å². The number of hydrogen-bond acceptors (Lipinski definition) is 7. The fourth-order valence-electron chi connectivity index (χ4n) is 3.57. The Labute approximate surface area is 176 Å². The Morgan fingerprint density at radius 3 is 2.87 bits per heavy atom. The summed E-state index contributed by atoms with van der Waals surface area (Å²) in [5.41, 5.74) is 8.94. The lowest BCUT2D eigenvalue weighted by Gasteiger charge is -2.10. The molecule has 5 rings (SSSR count). The van der Waals surface area contributed by atoms with Gasteiger partial charge in [-0.15, -0.1) is 11.3 Å². The maximum Gasteiger partial charge on any atom is 0.257 e. The molecule has 0 saturated carbocycles. The third-order valence-electron chi connectivity index (χ3n) is 5.06. The van der Waals surface area contributed by atoms with Gasteiger partial charge in [-0.2, -0.15) is 9.78 Å². The van der Waals surface area contributed by atoms with E-state index in [0.717, 1.165) is 24.3 Å². The molecule has 152 valence electrons. The molecule has 1 atom stereocenters. The number of nitrogens with zero attached hydrogens (tertiary/aromatic N) is 4. The lowest BCUT2D eigenvalue weighted by Crippen LogP contribution is -2.32. The van der Waals surface area contributed by atoms with Gasteiger partial charge in [0.25, 0.3) is 5.91 Å². The van der Waals surface area contributed by atoms with E-state index in [1.54, 1.807) is 17.6 Å². The summed E-state index contributed by atoms with van der Waals surface area (Å²) in [5, 5.41) is 9.39. The highest BCUT2D eigenvalue weighted by molar-refractivity contribution is 7.11. The molecule has 1 fully saturated rings. The maximum atomic E-state index is 13.0. The molecule has 1 aliphatic heterocycles. The van der Waals surface area contributed by atoms with Crippen LogP contribution in [0.5, 0.6) is 0 Å². The molecule has 3 N–H and O–H groups in total. The van der Waals surface area contributed by atoms with Crippen LogP contribution in [0, 0.1) is 0 Å². The highest BCUT2D eigenvalue weighted by Gasteiger charge is 2.25. The van der Waals surface area contributed by atoms with E-state index in [1.165, 1.54) is 4.68 Å². The monoisotopic (exact) mass is 420 g/mol. The molecule has 30 heavy (non-hydrogen) atoms. The van der Waals surface area contributed by atoms with Gasteiger partial charge in [0.2, 0.25) is 0 Å². The van der Waals surface area contributed by atoms with Gasteiger partial charge in [-0.05, 0) is 36.4 Å². The van der Waals surface area contributed by atoms with Crippen molar-refractivity contribution < 1.29 is 9.53 Å². The van der Waals surface area contributed by atoms with E-state index in [1.807, 2.05) is 41.8 Å². The lowest BCUT2D eigenvalue weighted by atomic mass is 10.2. The van der Waals surface area contributed by atoms with Crippen molar-refractivity contribution in [1.29, 1.82) is 0 Å². The van der Waals surface area contributed by atoms with E-state index >= 15 is 0 Å². The number of nitrogens with two attached hydrogens (primary N) is 1. The second-order valence-electron chi connectivity index (χ2n) is 7.06. The number of hydrogen-bond donors (Lipinski definition) is 2. The van der Waals surface area contributed by atoms with Gasteiger partial charge in [-0.3, -0.25) is 4.79 Å². The topological polar surface area (TPSA) is 107 Å². The first-order valence-electron chi connectivity index (χ1n) is 9.75. The van der Waals surface area contributed by atoms with E-state index in [2.05, 4.69) is 20.4 Å². The van der Waals surface area contributed by atoms with Crippen molar-refractivity contribution >= 4 is 51.5 Å². The molecule has 1 saturated heterocycles. The van der Waals surface area contributed by atoms with Crippen LogP contribution in [0.3, 0.4) is 0 Å². The highest BCUT2D eigenvalue weighted by Crippen LogP contribution is 2.28. The van der Waals surface area contributed by atoms with E-state index in [9.17, 15) is 4.79 Å². The maximum absolute atomic E-state index is 13.0. The standard InChI is InChI=1S/C21H20N6O2S/c22-19-17(21(28)23-11-13-5-3-9-29-13)18-20(26-16-8-2-1-7-15(16)25-18)27(19)24-12-14-6-4-10-30-14/h1-2,4,6-8,10,12-13H,3,5,9,11,22H2,(H,23,28). The lowest BCUT2D eigenvalue weighted by molar-refractivity contribution is 0.0859. The van der Waals surface area contributed by atoms with Gasteiger partial charge in [0.15, 0.2) is 5.65 Å². The van der Waals surface area contributed by atoms with Crippen LogP contribution in [0.25, 0.3) is 22.2 Å². The molecule has 3 aromatic heterocycles. The summed E-state index contributed by atoms with van der Waals surface area (Å²) in [6.07, 6.45) is 3.68. The predicted molar refractivity (Wildman–Crippen MR) is 118 cm³/mol. The van der Waals surface area contributed by atoms with E-state index in [0.29, 0.717) is 28.7 Å². The average molecular weight is 420 g/mol. The summed E-state index contributed by atoms with van der Waals surface area (Å²) in [7, 11) is 0. The molecule has 0 bridgehead atoms. The summed E-state index contributed by atoms with van der Waals surface area (Å²) in [6.45, 7) is 1.17. The molecular formula is C21H20N6O2S. The molecule has 9 heteroatoms. The number of carbonyl (C=O) groups is 1. The summed E-state index contributed by atoms with van der Waals surface area (Å²) < 4.78 is 7.08. The minimum absolute atomic E-state index is 0.0345. The van der Waals surface area contributed by atoms with Gasteiger partial charge in [-0.25, -0.2) is 9.97 Å². The number of ether oxygens (including phenoxy) is 1. The van der Waals surface area contributed by atoms with Crippen molar-refractivity contribution in [2.45, 2.75) is 18.9 Å². The predicted octanol–water partition coefficient (Wildman–Crippen LogP) is 3.02. The van der Waals surface area contributed by atoms with Crippen molar-refractivity contribution in [3.05, 3.63) is 52.2 Å². The van der Waals surface area contributed by atoms with Crippen LogP contribution in [0.4, 0.5) is 5.82 Å². The fourth-order valence-corrected chi connectivity index (χ4v) is 4.15. The van der Waals surface area contributed by atoms with Gasteiger partial charge in [0, 0.05) is 18.0 Å². The zero-order chi connectivity index (χ0) is 20.5. The number of thiophene rings is 1. The Morgan fingerprint density at radius 2 is 2.13 bits per heavy atom. The Morgan fingerprint density at radius 1 is 1.30 bits per heavy atom. The number of nitrogen functional groups attached to an aromatic ring is 1. The Kier molecular flexibility index (Phi) is 4.89. The number of fused-ring (bicyclic) bond motifs is 2. The largest absolute Gasteiger partial charge is 0.383 e. The number of anilines is 1. The minimum Gasteiger partial charge on any atom is -0.383 e. The van der Waals surface area contributed by atoms with E-state index in [4.69, 9.17) is 10.5 Å². The Balaban J connectivity index is 1.60. The molecule has 8 nitrogen and oxygen atoms in total. The van der Waals surface area contributed by atoms with Gasteiger partial charge >= 0.3 is 0 Å². The van der Waals surface area contributed by atoms with Crippen LogP contribution in [0.1, 0.15) is 28.1 Å². The zero-order valence-corrected chi connectivity index (χ0v) is 16.9.